The van der Waals surface area contributed by atoms with E-state index >= 15 is 0 Å². The van der Waals surface area contributed by atoms with Crippen molar-refractivity contribution in [3.8, 4) is 11.6 Å². The lowest BCUT2D eigenvalue weighted by Gasteiger charge is -2.22. The summed E-state index contributed by atoms with van der Waals surface area (Å²) in [6.45, 7) is 13.5. The number of hydrogen-bond acceptors (Lipinski definition) is 5. The minimum atomic E-state index is -4.29. The largest absolute Gasteiger partial charge is 0.358 e. The Morgan fingerprint density at radius 1 is 0.886 bits per heavy atom. The van der Waals surface area contributed by atoms with Crippen molar-refractivity contribution in [2.45, 2.75) is 71.1 Å². The fourth-order valence-corrected chi connectivity index (χ4v) is 5.83. The average molecular weight is 538 g/mol. The predicted molar refractivity (Wildman–Crippen MR) is 141 cm³/mol. The van der Waals surface area contributed by atoms with E-state index < -0.39 is 15.7 Å². The van der Waals surface area contributed by atoms with Crippen LogP contribution in [0.2, 0.25) is 10.0 Å². The molecule has 9 heteroatoms. The molecule has 0 unspecified atom stereocenters. The lowest BCUT2D eigenvalue weighted by atomic mass is 9.89. The normalized spacial score (nSPS) is 12.1. The summed E-state index contributed by atoms with van der Waals surface area (Å²) in [4.78, 5) is 17.3. The molecule has 0 saturated carbocycles. The van der Waals surface area contributed by atoms with Gasteiger partial charge in [-0.25, -0.2) is 0 Å². The van der Waals surface area contributed by atoms with Gasteiger partial charge in [-0.3, -0.25) is 9.36 Å². The maximum absolute atomic E-state index is 13.6. The van der Waals surface area contributed by atoms with Crippen LogP contribution < -0.4 is 9.74 Å². The molecule has 2 aromatic carbocycles. The van der Waals surface area contributed by atoms with Crippen LogP contribution in [-0.2, 0) is 10.1 Å². The quantitative estimate of drug-likeness (QED) is 0.304. The van der Waals surface area contributed by atoms with Crippen LogP contribution in [0, 0.1) is 6.92 Å². The van der Waals surface area contributed by atoms with Crippen molar-refractivity contribution in [3.05, 3.63) is 79.3 Å². The number of hydrogen-bond donors (Lipinski definition) is 0. The molecule has 0 bridgehead atoms. The Balaban J connectivity index is 2.15. The van der Waals surface area contributed by atoms with E-state index in [-0.39, 0.29) is 34.4 Å². The van der Waals surface area contributed by atoms with Crippen LogP contribution in [0.1, 0.15) is 81.8 Å². The second-order valence-corrected chi connectivity index (χ2v) is 11.8. The van der Waals surface area contributed by atoms with Crippen molar-refractivity contribution in [2.24, 2.45) is 0 Å². The van der Waals surface area contributed by atoms with E-state index in [0.29, 0.717) is 26.9 Å². The molecular formula is C26H30Cl2N2O4S. The van der Waals surface area contributed by atoms with Crippen LogP contribution in [0.5, 0.6) is 5.88 Å². The molecule has 0 N–H and O–H groups in total. The van der Waals surface area contributed by atoms with E-state index in [1.54, 1.807) is 19.1 Å². The van der Waals surface area contributed by atoms with Crippen molar-refractivity contribution in [1.82, 2.24) is 9.55 Å². The predicted octanol–water partition coefficient (Wildman–Crippen LogP) is 6.99. The molecule has 1 aromatic heterocycles. The lowest BCUT2D eigenvalue weighted by molar-refractivity contribution is 0.469. The molecule has 1 heterocycles. The van der Waals surface area contributed by atoms with E-state index in [4.69, 9.17) is 27.4 Å². The van der Waals surface area contributed by atoms with Gasteiger partial charge in [0.25, 0.3) is 5.56 Å². The molecule has 0 spiro atoms. The second-order valence-electron chi connectivity index (χ2n) is 9.44. The summed E-state index contributed by atoms with van der Waals surface area (Å²) in [6, 6.07) is 9.60. The fourth-order valence-electron chi connectivity index (χ4n) is 3.90. The summed E-state index contributed by atoms with van der Waals surface area (Å²) in [7, 11) is -4.29. The van der Waals surface area contributed by atoms with E-state index in [9.17, 15) is 13.2 Å². The van der Waals surface area contributed by atoms with Crippen molar-refractivity contribution < 1.29 is 12.6 Å². The van der Waals surface area contributed by atoms with Crippen LogP contribution in [0.25, 0.3) is 5.69 Å². The Labute approximate surface area is 217 Å². The second kappa shape index (κ2) is 10.3. The highest BCUT2D eigenvalue weighted by molar-refractivity contribution is 7.87. The van der Waals surface area contributed by atoms with Gasteiger partial charge >= 0.3 is 10.1 Å². The van der Waals surface area contributed by atoms with E-state index in [1.165, 1.54) is 10.6 Å². The molecule has 0 aliphatic heterocycles. The van der Waals surface area contributed by atoms with Crippen molar-refractivity contribution in [2.75, 3.05) is 0 Å². The third-order valence-corrected chi connectivity index (χ3v) is 7.65. The standard InChI is InChI=1S/C26H30Cl2N2O4S/c1-14(2)18-10-20(15(3)4)26(21(11-18)16(5)6)35(32,33)34-24-13-25(31)30(17(7)29-24)23-12-19(27)8-9-22(23)28/h8-16H,1-7H3. The van der Waals surface area contributed by atoms with Gasteiger partial charge in [0, 0.05) is 5.02 Å². The molecule has 0 saturated heterocycles. The summed E-state index contributed by atoms with van der Waals surface area (Å²) >= 11 is 12.3. The summed E-state index contributed by atoms with van der Waals surface area (Å²) in [6.07, 6.45) is 0. The molecule has 188 valence electrons. The number of rotatable bonds is 7. The van der Waals surface area contributed by atoms with E-state index in [0.717, 1.165) is 11.6 Å². The molecule has 0 amide bonds. The van der Waals surface area contributed by atoms with Crippen LogP contribution >= 0.6 is 23.2 Å². The zero-order valence-corrected chi connectivity index (χ0v) is 23.2. The maximum atomic E-state index is 13.6. The Morgan fingerprint density at radius 2 is 1.46 bits per heavy atom. The van der Waals surface area contributed by atoms with Gasteiger partial charge in [-0.15, -0.1) is 0 Å². The Morgan fingerprint density at radius 3 is 1.94 bits per heavy atom. The molecule has 0 aliphatic carbocycles. The van der Waals surface area contributed by atoms with Gasteiger partial charge < -0.3 is 4.18 Å². The Bertz CT molecular complexity index is 1400. The van der Waals surface area contributed by atoms with Crippen molar-refractivity contribution in [3.63, 3.8) is 0 Å². The molecule has 3 aromatic rings. The zero-order valence-electron chi connectivity index (χ0n) is 20.9. The zero-order chi connectivity index (χ0) is 26.2. The van der Waals surface area contributed by atoms with Crippen LogP contribution in [0.15, 0.2) is 46.1 Å². The summed E-state index contributed by atoms with van der Waals surface area (Å²) in [5.74, 6) is 0.00631. The number of halogens is 2. The molecule has 0 fully saturated rings. The molecule has 0 radical (unpaired) electrons. The first-order valence-corrected chi connectivity index (χ1v) is 13.6. The fraction of sp³-hybridized carbons (Fsp3) is 0.385. The third kappa shape index (κ3) is 5.74. The van der Waals surface area contributed by atoms with Crippen LogP contribution in [0.3, 0.4) is 0 Å². The van der Waals surface area contributed by atoms with Gasteiger partial charge in [0.15, 0.2) is 0 Å². The molecule has 3 rings (SSSR count). The van der Waals surface area contributed by atoms with Gasteiger partial charge in [0.1, 0.15) is 10.7 Å². The van der Waals surface area contributed by atoms with Crippen LogP contribution in [0.4, 0.5) is 0 Å². The maximum Gasteiger partial charge on any atom is 0.341 e. The third-order valence-electron chi connectivity index (χ3n) is 5.74. The Hall–Kier alpha value is -2.35. The number of aryl methyl sites for hydroxylation is 1. The average Bonchev–Trinajstić information content (AvgIpc) is 2.74. The van der Waals surface area contributed by atoms with Gasteiger partial charge in [-0.1, -0.05) is 76.9 Å². The van der Waals surface area contributed by atoms with Crippen molar-refractivity contribution in [1.29, 1.82) is 0 Å². The highest BCUT2D eigenvalue weighted by Gasteiger charge is 2.29. The molecule has 35 heavy (non-hydrogen) atoms. The minimum Gasteiger partial charge on any atom is -0.358 e. The topological polar surface area (TPSA) is 78.3 Å². The molecule has 6 nitrogen and oxygen atoms in total. The number of aromatic nitrogens is 2. The minimum absolute atomic E-state index is 0.0627. The first kappa shape index (κ1) is 27.2. The number of nitrogens with zero attached hydrogens (tertiary/aromatic N) is 2. The van der Waals surface area contributed by atoms with Gasteiger partial charge in [0.05, 0.1) is 16.8 Å². The first-order chi connectivity index (χ1) is 16.2. The summed E-state index contributed by atoms with van der Waals surface area (Å²) in [5, 5.41) is 0.696. The van der Waals surface area contributed by atoms with E-state index in [2.05, 4.69) is 18.8 Å². The lowest BCUT2D eigenvalue weighted by Crippen LogP contribution is -2.24. The highest BCUT2D eigenvalue weighted by Crippen LogP contribution is 2.36. The van der Waals surface area contributed by atoms with Gasteiger partial charge in [-0.05, 0) is 59.6 Å². The SMILES string of the molecule is Cc1nc(OS(=O)(=O)c2c(C(C)C)cc(C(C)C)cc2C(C)C)cc(=O)n1-c1cc(Cl)ccc1Cl. The van der Waals surface area contributed by atoms with Crippen molar-refractivity contribution >= 4 is 33.3 Å². The van der Waals surface area contributed by atoms with E-state index in [1.807, 2.05) is 39.8 Å². The molecule has 0 aliphatic rings. The summed E-state index contributed by atoms with van der Waals surface area (Å²) in [5.41, 5.74) is 2.21. The smallest absolute Gasteiger partial charge is 0.341 e. The van der Waals surface area contributed by atoms with Gasteiger partial charge in [0.2, 0.25) is 5.88 Å². The van der Waals surface area contributed by atoms with Crippen LogP contribution in [-0.4, -0.2) is 18.0 Å². The summed E-state index contributed by atoms with van der Waals surface area (Å²) < 4.78 is 33.9. The Kier molecular flexibility index (Phi) is 8.04. The molecular weight excluding hydrogens is 507 g/mol. The first-order valence-electron chi connectivity index (χ1n) is 11.4. The highest BCUT2D eigenvalue weighted by atomic mass is 35.5. The molecule has 0 atom stereocenters. The monoisotopic (exact) mass is 536 g/mol. The number of benzene rings is 2. The van der Waals surface area contributed by atoms with Gasteiger partial charge in [-0.2, -0.15) is 13.4 Å².